The number of amides is 2. The van der Waals surface area contributed by atoms with Gasteiger partial charge in [-0.2, -0.15) is 5.10 Å². The van der Waals surface area contributed by atoms with Crippen molar-refractivity contribution >= 4 is 17.5 Å². The van der Waals surface area contributed by atoms with Gasteiger partial charge in [-0.3, -0.25) is 14.7 Å². The summed E-state index contributed by atoms with van der Waals surface area (Å²) in [6, 6.07) is 5.39. The molecule has 0 bridgehead atoms. The summed E-state index contributed by atoms with van der Waals surface area (Å²) in [5.74, 6) is -0.229. The van der Waals surface area contributed by atoms with Gasteiger partial charge in [0.05, 0.1) is 12.2 Å². The number of rotatable bonds is 4. The van der Waals surface area contributed by atoms with Gasteiger partial charge in [0.2, 0.25) is 5.91 Å². The Hall–Kier alpha value is -2.63. The van der Waals surface area contributed by atoms with Crippen molar-refractivity contribution in [2.45, 2.75) is 52.5 Å². The van der Waals surface area contributed by atoms with Crippen molar-refractivity contribution in [2.75, 3.05) is 12.4 Å². The minimum Gasteiger partial charge on any atom is -0.336 e. The highest BCUT2D eigenvalue weighted by Crippen LogP contribution is 2.23. The van der Waals surface area contributed by atoms with Crippen molar-refractivity contribution in [1.82, 2.24) is 15.1 Å². The highest BCUT2D eigenvalue weighted by atomic mass is 16.2. The summed E-state index contributed by atoms with van der Waals surface area (Å²) in [4.78, 5) is 25.9. The van der Waals surface area contributed by atoms with Crippen molar-refractivity contribution in [2.24, 2.45) is 0 Å². The lowest BCUT2D eigenvalue weighted by Crippen LogP contribution is -2.27. The standard InChI is InChI=1S/C20H26N4O2/c1-13-9-10-15(11-18(13)21-14(2)25)20(26)24(3)12-19-16-7-5-4-6-8-17(16)22-23-19/h9-11H,4-8,12H2,1-3H3,(H,21,25)(H,22,23). The van der Waals surface area contributed by atoms with Crippen molar-refractivity contribution < 1.29 is 9.59 Å². The van der Waals surface area contributed by atoms with Crippen LogP contribution in [-0.4, -0.2) is 34.0 Å². The number of nitrogens with one attached hydrogen (secondary N) is 2. The van der Waals surface area contributed by atoms with E-state index in [1.807, 2.05) is 13.0 Å². The number of carbonyl (C=O) groups excluding carboxylic acids is 2. The Morgan fingerprint density at radius 3 is 2.77 bits per heavy atom. The van der Waals surface area contributed by atoms with Crippen LogP contribution < -0.4 is 5.32 Å². The predicted octanol–water partition coefficient (Wildman–Crippen LogP) is 3.22. The zero-order chi connectivity index (χ0) is 18.7. The van der Waals surface area contributed by atoms with E-state index in [1.54, 1.807) is 24.1 Å². The number of H-pyrrole nitrogens is 1. The Bertz CT molecular complexity index is 825. The molecule has 2 amide bonds. The molecule has 1 aromatic carbocycles. The second-order valence-electron chi connectivity index (χ2n) is 7.06. The number of anilines is 1. The van der Waals surface area contributed by atoms with E-state index in [-0.39, 0.29) is 11.8 Å². The smallest absolute Gasteiger partial charge is 0.254 e. The molecule has 6 nitrogen and oxygen atoms in total. The van der Waals surface area contributed by atoms with Gasteiger partial charge >= 0.3 is 0 Å². The molecular formula is C20H26N4O2. The van der Waals surface area contributed by atoms with E-state index in [1.165, 1.54) is 37.4 Å². The molecule has 2 N–H and O–H groups in total. The van der Waals surface area contributed by atoms with E-state index >= 15 is 0 Å². The van der Waals surface area contributed by atoms with Gasteiger partial charge < -0.3 is 10.2 Å². The third kappa shape index (κ3) is 3.95. The fourth-order valence-electron chi connectivity index (χ4n) is 3.45. The highest BCUT2D eigenvalue weighted by molar-refractivity contribution is 5.97. The van der Waals surface area contributed by atoms with Gasteiger partial charge in [0.1, 0.15) is 0 Å². The van der Waals surface area contributed by atoms with Crippen LogP contribution in [0.4, 0.5) is 5.69 Å². The van der Waals surface area contributed by atoms with Crippen LogP contribution >= 0.6 is 0 Å². The molecule has 138 valence electrons. The number of aromatic nitrogens is 2. The third-order valence-electron chi connectivity index (χ3n) is 4.92. The van der Waals surface area contributed by atoms with Gasteiger partial charge in [0, 0.05) is 30.9 Å². The van der Waals surface area contributed by atoms with E-state index in [2.05, 4.69) is 15.5 Å². The first-order chi connectivity index (χ1) is 12.5. The maximum absolute atomic E-state index is 12.8. The lowest BCUT2D eigenvalue weighted by molar-refractivity contribution is -0.114. The van der Waals surface area contributed by atoms with Gasteiger partial charge in [-0.05, 0) is 55.9 Å². The summed E-state index contributed by atoms with van der Waals surface area (Å²) in [7, 11) is 1.79. The van der Waals surface area contributed by atoms with Crippen molar-refractivity contribution in [1.29, 1.82) is 0 Å². The maximum atomic E-state index is 12.8. The number of aromatic amines is 1. The fourth-order valence-corrected chi connectivity index (χ4v) is 3.45. The summed E-state index contributed by atoms with van der Waals surface area (Å²) >= 11 is 0. The van der Waals surface area contributed by atoms with Crippen molar-refractivity contribution in [3.8, 4) is 0 Å². The molecule has 26 heavy (non-hydrogen) atoms. The minimum atomic E-state index is -0.148. The normalized spacial score (nSPS) is 13.7. The molecule has 0 unspecified atom stereocenters. The SMILES string of the molecule is CC(=O)Nc1cc(C(=O)N(C)Cc2n[nH]c3c2CCCCC3)ccc1C. The second-order valence-corrected chi connectivity index (χ2v) is 7.06. The van der Waals surface area contributed by atoms with Gasteiger partial charge in [0.15, 0.2) is 0 Å². The number of fused-ring (bicyclic) bond motifs is 1. The highest BCUT2D eigenvalue weighted by Gasteiger charge is 2.20. The van der Waals surface area contributed by atoms with Crippen LogP contribution in [-0.2, 0) is 24.2 Å². The zero-order valence-corrected chi connectivity index (χ0v) is 15.7. The summed E-state index contributed by atoms with van der Waals surface area (Å²) in [5.41, 5.74) is 5.63. The predicted molar refractivity (Wildman–Crippen MR) is 101 cm³/mol. The molecule has 0 radical (unpaired) electrons. The van der Waals surface area contributed by atoms with Gasteiger partial charge in [0.25, 0.3) is 5.91 Å². The lowest BCUT2D eigenvalue weighted by Gasteiger charge is -2.18. The number of nitrogens with zero attached hydrogens (tertiary/aromatic N) is 2. The van der Waals surface area contributed by atoms with Crippen molar-refractivity contribution in [3.05, 3.63) is 46.3 Å². The summed E-state index contributed by atoms with van der Waals surface area (Å²) < 4.78 is 0. The number of benzene rings is 1. The molecule has 0 aliphatic heterocycles. The minimum absolute atomic E-state index is 0.0815. The Morgan fingerprint density at radius 2 is 2.00 bits per heavy atom. The number of hydrogen-bond acceptors (Lipinski definition) is 3. The number of carbonyl (C=O) groups is 2. The maximum Gasteiger partial charge on any atom is 0.254 e. The Morgan fingerprint density at radius 1 is 1.23 bits per heavy atom. The molecule has 1 heterocycles. The summed E-state index contributed by atoms with van der Waals surface area (Å²) in [5, 5.41) is 10.4. The van der Waals surface area contributed by atoms with Crippen LogP contribution in [0.25, 0.3) is 0 Å². The van der Waals surface area contributed by atoms with Gasteiger partial charge in [-0.15, -0.1) is 0 Å². The summed E-state index contributed by atoms with van der Waals surface area (Å²) in [6.45, 7) is 3.85. The molecule has 0 spiro atoms. The molecule has 6 heteroatoms. The Kier molecular flexibility index (Phi) is 5.40. The van der Waals surface area contributed by atoms with E-state index in [4.69, 9.17) is 0 Å². The monoisotopic (exact) mass is 354 g/mol. The fraction of sp³-hybridized carbons (Fsp3) is 0.450. The van der Waals surface area contributed by atoms with Crippen molar-refractivity contribution in [3.63, 3.8) is 0 Å². The Labute approximate surface area is 154 Å². The van der Waals surface area contributed by atoms with Crippen LogP contribution in [0.3, 0.4) is 0 Å². The van der Waals surface area contributed by atoms with Gasteiger partial charge in [-0.25, -0.2) is 0 Å². The quantitative estimate of drug-likeness (QED) is 0.828. The molecule has 0 fully saturated rings. The van der Waals surface area contributed by atoms with E-state index in [0.29, 0.717) is 17.8 Å². The van der Waals surface area contributed by atoms with E-state index in [0.717, 1.165) is 24.1 Å². The molecule has 1 aromatic heterocycles. The Balaban J connectivity index is 1.76. The van der Waals surface area contributed by atoms with Crippen LogP contribution in [0, 0.1) is 6.92 Å². The zero-order valence-electron chi connectivity index (χ0n) is 15.7. The van der Waals surface area contributed by atoms with E-state index in [9.17, 15) is 9.59 Å². The lowest BCUT2D eigenvalue weighted by atomic mass is 10.1. The molecule has 0 saturated carbocycles. The van der Waals surface area contributed by atoms with Crippen LogP contribution in [0.1, 0.15) is 59.1 Å². The molecule has 2 aromatic rings. The van der Waals surface area contributed by atoms with Crippen LogP contribution in [0.15, 0.2) is 18.2 Å². The molecule has 1 aliphatic rings. The van der Waals surface area contributed by atoms with Gasteiger partial charge in [-0.1, -0.05) is 12.5 Å². The number of hydrogen-bond donors (Lipinski definition) is 2. The molecule has 3 rings (SSSR count). The first-order valence-corrected chi connectivity index (χ1v) is 9.14. The summed E-state index contributed by atoms with van der Waals surface area (Å²) in [6.07, 6.45) is 5.68. The largest absolute Gasteiger partial charge is 0.336 e. The average Bonchev–Trinajstić information content (AvgIpc) is 2.82. The molecular weight excluding hydrogens is 328 g/mol. The van der Waals surface area contributed by atoms with E-state index < -0.39 is 0 Å². The molecule has 0 atom stereocenters. The average molecular weight is 354 g/mol. The number of aryl methyl sites for hydroxylation is 2. The topological polar surface area (TPSA) is 78.1 Å². The first kappa shape index (κ1) is 18.2. The second kappa shape index (κ2) is 7.72. The first-order valence-electron chi connectivity index (χ1n) is 9.14. The van der Waals surface area contributed by atoms with Crippen LogP contribution in [0.5, 0.6) is 0 Å². The molecule has 0 saturated heterocycles. The third-order valence-corrected chi connectivity index (χ3v) is 4.92. The van der Waals surface area contributed by atoms with Crippen LogP contribution in [0.2, 0.25) is 0 Å². The molecule has 1 aliphatic carbocycles.